The van der Waals surface area contributed by atoms with Gasteiger partial charge in [0.25, 0.3) is 5.69 Å². The summed E-state index contributed by atoms with van der Waals surface area (Å²) in [5.74, 6) is -0.969. The van der Waals surface area contributed by atoms with Gasteiger partial charge in [-0.2, -0.15) is 0 Å². The number of nitro groups is 1. The number of hydrogen-bond acceptors (Lipinski definition) is 5. The fraction of sp³-hybridized carbons (Fsp3) is 0.308. The summed E-state index contributed by atoms with van der Waals surface area (Å²) in [4.78, 5) is 43.5. The van der Waals surface area contributed by atoms with E-state index in [0.717, 1.165) is 0 Å². The van der Waals surface area contributed by atoms with E-state index in [2.05, 4.69) is 5.32 Å². The molecule has 0 spiro atoms. The number of carbonyl (C=O) groups is 3. The van der Waals surface area contributed by atoms with E-state index in [-0.39, 0.29) is 36.5 Å². The zero-order valence-electron chi connectivity index (χ0n) is 10.9. The molecule has 0 aliphatic carbocycles. The lowest BCUT2D eigenvalue weighted by molar-refractivity contribution is -0.384. The van der Waals surface area contributed by atoms with Crippen LogP contribution in [0.3, 0.4) is 0 Å². The van der Waals surface area contributed by atoms with Gasteiger partial charge in [-0.25, -0.2) is 0 Å². The van der Waals surface area contributed by atoms with Crippen molar-refractivity contribution in [2.24, 2.45) is 0 Å². The van der Waals surface area contributed by atoms with E-state index in [9.17, 15) is 24.5 Å². The van der Waals surface area contributed by atoms with Crippen molar-refractivity contribution in [3.63, 3.8) is 0 Å². The summed E-state index contributed by atoms with van der Waals surface area (Å²) >= 11 is 0. The Morgan fingerprint density at radius 3 is 2.55 bits per heavy atom. The van der Waals surface area contributed by atoms with Gasteiger partial charge in [0.15, 0.2) is 0 Å². The van der Waals surface area contributed by atoms with Crippen molar-refractivity contribution in [2.45, 2.75) is 26.2 Å². The van der Waals surface area contributed by atoms with Crippen molar-refractivity contribution in [1.82, 2.24) is 0 Å². The molecule has 20 heavy (non-hydrogen) atoms. The number of nitrogens with zero attached hydrogens (tertiary/aromatic N) is 1. The number of ketones is 2. The van der Waals surface area contributed by atoms with Crippen molar-refractivity contribution >= 4 is 28.8 Å². The van der Waals surface area contributed by atoms with Crippen LogP contribution in [-0.4, -0.2) is 22.4 Å². The topological polar surface area (TPSA) is 106 Å². The minimum absolute atomic E-state index is 0.0274. The first-order valence-electron chi connectivity index (χ1n) is 5.94. The fourth-order valence-electron chi connectivity index (χ4n) is 1.54. The maximum atomic E-state index is 11.6. The van der Waals surface area contributed by atoms with E-state index >= 15 is 0 Å². The molecule has 0 aliphatic rings. The molecule has 0 bridgehead atoms. The molecular formula is C13H14N2O5. The standard InChI is InChI=1S/C13H14N2O5/c1-9(16)7-12(17)5-6-13(18)14-10-3-2-4-11(8-10)15(19)20/h2-4,8H,5-7H2,1H3,(H,14,18). The van der Waals surface area contributed by atoms with Crippen LogP contribution in [0.4, 0.5) is 11.4 Å². The van der Waals surface area contributed by atoms with Crippen LogP contribution in [0.2, 0.25) is 0 Å². The first kappa shape index (κ1) is 15.5. The maximum Gasteiger partial charge on any atom is 0.271 e. The fourth-order valence-corrected chi connectivity index (χ4v) is 1.54. The number of amides is 1. The molecule has 1 aromatic carbocycles. The highest BCUT2D eigenvalue weighted by Crippen LogP contribution is 2.17. The smallest absolute Gasteiger partial charge is 0.271 e. The van der Waals surface area contributed by atoms with E-state index in [4.69, 9.17) is 0 Å². The molecule has 1 aromatic rings. The van der Waals surface area contributed by atoms with E-state index in [1.807, 2.05) is 0 Å². The maximum absolute atomic E-state index is 11.6. The first-order chi connectivity index (χ1) is 9.38. The Kier molecular flexibility index (Phi) is 5.52. The summed E-state index contributed by atoms with van der Waals surface area (Å²) in [7, 11) is 0. The number of benzene rings is 1. The predicted octanol–water partition coefficient (Wildman–Crippen LogP) is 1.86. The Bertz CT molecular complexity index is 553. The average Bonchev–Trinajstić information content (AvgIpc) is 2.36. The molecule has 106 valence electrons. The molecule has 0 unspecified atom stereocenters. The SMILES string of the molecule is CC(=O)CC(=O)CCC(=O)Nc1cccc([N+](=O)[O-])c1. The Hall–Kier alpha value is -2.57. The molecule has 1 rings (SSSR count). The molecule has 0 fully saturated rings. The number of carbonyl (C=O) groups excluding carboxylic acids is 3. The Balaban J connectivity index is 2.50. The lowest BCUT2D eigenvalue weighted by atomic mass is 10.1. The number of hydrogen-bond donors (Lipinski definition) is 1. The van der Waals surface area contributed by atoms with E-state index in [1.165, 1.54) is 31.2 Å². The van der Waals surface area contributed by atoms with Gasteiger partial charge in [0.1, 0.15) is 11.6 Å². The number of Topliss-reactive ketones (excluding diaryl/α,β-unsaturated/α-hetero) is 2. The van der Waals surface area contributed by atoms with Gasteiger partial charge in [-0.15, -0.1) is 0 Å². The summed E-state index contributed by atoms with van der Waals surface area (Å²) in [6.07, 6.45) is -0.265. The monoisotopic (exact) mass is 278 g/mol. The van der Waals surface area contributed by atoms with Gasteiger partial charge in [-0.05, 0) is 13.0 Å². The third kappa shape index (κ3) is 5.38. The summed E-state index contributed by atoms with van der Waals surface area (Å²) in [5.41, 5.74) is 0.165. The molecular weight excluding hydrogens is 264 g/mol. The van der Waals surface area contributed by atoms with Crippen LogP contribution < -0.4 is 5.32 Å². The molecule has 1 N–H and O–H groups in total. The van der Waals surface area contributed by atoms with Crippen LogP contribution in [0, 0.1) is 10.1 Å². The number of anilines is 1. The molecule has 1 amide bonds. The minimum atomic E-state index is -0.563. The zero-order valence-corrected chi connectivity index (χ0v) is 10.9. The minimum Gasteiger partial charge on any atom is -0.326 e. The second-order valence-corrected chi connectivity index (χ2v) is 4.27. The van der Waals surface area contributed by atoms with Gasteiger partial charge in [0, 0.05) is 30.7 Å². The Morgan fingerprint density at radius 2 is 1.95 bits per heavy atom. The van der Waals surface area contributed by atoms with Gasteiger partial charge in [-0.1, -0.05) is 6.07 Å². The molecule has 0 saturated carbocycles. The highest BCUT2D eigenvalue weighted by atomic mass is 16.6. The van der Waals surface area contributed by atoms with Crippen molar-refractivity contribution in [3.8, 4) is 0 Å². The molecule has 0 saturated heterocycles. The van der Waals surface area contributed by atoms with Gasteiger partial charge >= 0.3 is 0 Å². The first-order valence-corrected chi connectivity index (χ1v) is 5.94. The highest BCUT2D eigenvalue weighted by Gasteiger charge is 2.11. The number of rotatable bonds is 7. The van der Waals surface area contributed by atoms with E-state index in [1.54, 1.807) is 0 Å². The van der Waals surface area contributed by atoms with Gasteiger partial charge in [0.05, 0.1) is 11.3 Å². The van der Waals surface area contributed by atoms with Crippen LogP contribution >= 0.6 is 0 Å². The summed E-state index contributed by atoms with van der Waals surface area (Å²) in [6.45, 7) is 1.31. The number of nitrogens with one attached hydrogen (secondary N) is 1. The molecule has 7 heteroatoms. The van der Waals surface area contributed by atoms with Crippen molar-refractivity contribution in [3.05, 3.63) is 34.4 Å². The van der Waals surface area contributed by atoms with Crippen LogP contribution in [0.15, 0.2) is 24.3 Å². The zero-order chi connectivity index (χ0) is 15.1. The summed E-state index contributed by atoms with van der Waals surface area (Å²) < 4.78 is 0. The number of non-ortho nitro benzene ring substituents is 1. The van der Waals surface area contributed by atoms with E-state index < -0.39 is 10.8 Å². The largest absolute Gasteiger partial charge is 0.326 e. The summed E-state index contributed by atoms with van der Waals surface area (Å²) in [6, 6.07) is 5.51. The van der Waals surface area contributed by atoms with Crippen molar-refractivity contribution in [2.75, 3.05) is 5.32 Å². The van der Waals surface area contributed by atoms with Gasteiger partial charge in [0.2, 0.25) is 5.91 Å². The lowest BCUT2D eigenvalue weighted by Crippen LogP contribution is -2.14. The normalized spacial score (nSPS) is 9.85. The highest BCUT2D eigenvalue weighted by molar-refractivity contribution is 6.00. The lowest BCUT2D eigenvalue weighted by Gasteiger charge is -2.04. The molecule has 7 nitrogen and oxygen atoms in total. The van der Waals surface area contributed by atoms with Gasteiger partial charge < -0.3 is 5.32 Å². The molecule has 0 aliphatic heterocycles. The number of nitro benzene ring substituents is 1. The van der Waals surface area contributed by atoms with E-state index in [0.29, 0.717) is 5.69 Å². The quantitative estimate of drug-likeness (QED) is 0.465. The van der Waals surface area contributed by atoms with Crippen LogP contribution in [0.25, 0.3) is 0 Å². The van der Waals surface area contributed by atoms with Gasteiger partial charge in [-0.3, -0.25) is 24.5 Å². The summed E-state index contributed by atoms with van der Waals surface area (Å²) in [5, 5.41) is 13.0. The van der Waals surface area contributed by atoms with Crippen LogP contribution in [0.1, 0.15) is 26.2 Å². The molecule has 0 atom stereocenters. The third-order valence-electron chi connectivity index (χ3n) is 2.42. The molecule has 0 aromatic heterocycles. The second-order valence-electron chi connectivity index (χ2n) is 4.27. The van der Waals surface area contributed by atoms with Crippen LogP contribution in [-0.2, 0) is 14.4 Å². The molecule has 0 radical (unpaired) electrons. The molecule has 0 heterocycles. The average molecular weight is 278 g/mol. The predicted molar refractivity (Wildman–Crippen MR) is 71.3 cm³/mol. The van der Waals surface area contributed by atoms with Crippen molar-refractivity contribution < 1.29 is 19.3 Å². The second kappa shape index (κ2) is 7.13. The van der Waals surface area contributed by atoms with Crippen LogP contribution in [0.5, 0.6) is 0 Å². The third-order valence-corrected chi connectivity index (χ3v) is 2.42. The van der Waals surface area contributed by atoms with Crippen molar-refractivity contribution in [1.29, 1.82) is 0 Å². The Labute approximate surface area is 115 Å². The Morgan fingerprint density at radius 1 is 1.25 bits per heavy atom.